The lowest BCUT2D eigenvalue weighted by molar-refractivity contribution is -0.137. The summed E-state index contributed by atoms with van der Waals surface area (Å²) >= 11 is 10.8. The molecule has 0 spiro atoms. The number of aliphatic hydroxyl groups excluding tert-OH is 1. The molecule has 1 aromatic rings. The van der Waals surface area contributed by atoms with Crippen LogP contribution >= 0.6 is 23.8 Å². The standard InChI is InChI=1S/C13H12ClN3O3S/c14-7-1-2-8(12(15)21)9(5-7)16-10-6-11(19)17(3-4-18)13(10)20/h1-2,5-6,16,18H,3-4H2,(H2,15,21). The largest absolute Gasteiger partial charge is 0.395 e. The van der Waals surface area contributed by atoms with Gasteiger partial charge in [0.1, 0.15) is 10.7 Å². The molecule has 6 nitrogen and oxygen atoms in total. The summed E-state index contributed by atoms with van der Waals surface area (Å²) in [6.07, 6.45) is 1.16. The molecule has 0 saturated heterocycles. The Labute approximate surface area is 131 Å². The van der Waals surface area contributed by atoms with Gasteiger partial charge in [0, 0.05) is 16.7 Å². The van der Waals surface area contributed by atoms with Crippen molar-refractivity contribution in [3.05, 3.63) is 40.6 Å². The van der Waals surface area contributed by atoms with E-state index in [9.17, 15) is 9.59 Å². The first-order valence-corrected chi connectivity index (χ1v) is 6.77. The predicted molar refractivity (Wildman–Crippen MR) is 82.9 cm³/mol. The summed E-state index contributed by atoms with van der Waals surface area (Å²) in [5.41, 5.74) is 6.63. The summed E-state index contributed by atoms with van der Waals surface area (Å²) < 4.78 is 0. The van der Waals surface area contributed by atoms with Gasteiger partial charge in [-0.05, 0) is 18.2 Å². The zero-order chi connectivity index (χ0) is 15.6. The van der Waals surface area contributed by atoms with Crippen LogP contribution in [0.4, 0.5) is 5.69 Å². The highest BCUT2D eigenvalue weighted by atomic mass is 35.5. The van der Waals surface area contributed by atoms with Crippen molar-refractivity contribution >= 4 is 46.3 Å². The van der Waals surface area contributed by atoms with Gasteiger partial charge in [-0.3, -0.25) is 14.5 Å². The number of carbonyl (C=O) groups is 2. The maximum atomic E-state index is 12.0. The van der Waals surface area contributed by atoms with E-state index in [0.29, 0.717) is 16.3 Å². The maximum Gasteiger partial charge on any atom is 0.277 e. The van der Waals surface area contributed by atoms with Crippen LogP contribution in [0.25, 0.3) is 0 Å². The molecule has 8 heteroatoms. The molecule has 0 aromatic heterocycles. The fourth-order valence-corrected chi connectivity index (χ4v) is 2.24. The number of amides is 2. The summed E-state index contributed by atoms with van der Waals surface area (Å²) in [5, 5.41) is 12.1. The highest BCUT2D eigenvalue weighted by molar-refractivity contribution is 7.80. The molecule has 0 aliphatic carbocycles. The Bertz CT molecular complexity index is 660. The Morgan fingerprint density at radius 1 is 1.43 bits per heavy atom. The van der Waals surface area contributed by atoms with E-state index in [1.54, 1.807) is 18.2 Å². The van der Waals surface area contributed by atoms with Gasteiger partial charge in [-0.2, -0.15) is 0 Å². The molecule has 0 unspecified atom stereocenters. The van der Waals surface area contributed by atoms with E-state index in [1.165, 1.54) is 0 Å². The molecule has 2 amide bonds. The Morgan fingerprint density at radius 3 is 2.76 bits per heavy atom. The average Bonchev–Trinajstić information content (AvgIpc) is 2.67. The normalized spacial score (nSPS) is 14.4. The smallest absolute Gasteiger partial charge is 0.277 e. The molecule has 110 valence electrons. The molecule has 21 heavy (non-hydrogen) atoms. The van der Waals surface area contributed by atoms with Gasteiger partial charge in [0.05, 0.1) is 18.8 Å². The number of rotatable bonds is 5. The summed E-state index contributed by atoms with van der Waals surface area (Å²) in [4.78, 5) is 24.8. The molecule has 0 fully saturated rings. The zero-order valence-electron chi connectivity index (χ0n) is 10.8. The van der Waals surface area contributed by atoms with Gasteiger partial charge in [0.2, 0.25) is 0 Å². The summed E-state index contributed by atoms with van der Waals surface area (Å²) in [6, 6.07) is 4.80. The third kappa shape index (κ3) is 3.21. The summed E-state index contributed by atoms with van der Waals surface area (Å²) in [6.45, 7) is -0.356. The highest BCUT2D eigenvalue weighted by Gasteiger charge is 2.31. The minimum atomic E-state index is -0.525. The monoisotopic (exact) mass is 325 g/mol. The number of nitrogens with one attached hydrogen (secondary N) is 1. The third-order valence-electron chi connectivity index (χ3n) is 2.85. The van der Waals surface area contributed by atoms with Crippen molar-refractivity contribution in [3.8, 4) is 0 Å². The fourth-order valence-electron chi connectivity index (χ4n) is 1.89. The zero-order valence-corrected chi connectivity index (χ0v) is 12.4. The van der Waals surface area contributed by atoms with Crippen LogP contribution in [0.3, 0.4) is 0 Å². The van der Waals surface area contributed by atoms with Crippen LogP contribution in [0.5, 0.6) is 0 Å². The summed E-state index contributed by atoms with van der Waals surface area (Å²) in [5.74, 6) is -1.02. The molecule has 1 aliphatic rings. The molecule has 0 saturated carbocycles. The van der Waals surface area contributed by atoms with Crippen LogP contribution in [-0.4, -0.2) is 40.0 Å². The minimum absolute atomic E-state index is 0.0585. The third-order valence-corrected chi connectivity index (χ3v) is 3.30. The fraction of sp³-hybridized carbons (Fsp3) is 0.154. The molecule has 1 aromatic carbocycles. The number of nitrogens with two attached hydrogens (primary N) is 1. The maximum absolute atomic E-state index is 12.0. The molecular weight excluding hydrogens is 314 g/mol. The van der Waals surface area contributed by atoms with Gasteiger partial charge in [-0.1, -0.05) is 23.8 Å². The minimum Gasteiger partial charge on any atom is -0.395 e. The van der Waals surface area contributed by atoms with Gasteiger partial charge in [-0.15, -0.1) is 0 Å². The number of benzene rings is 1. The second-order valence-corrected chi connectivity index (χ2v) is 5.13. The van der Waals surface area contributed by atoms with Crippen molar-refractivity contribution in [2.45, 2.75) is 0 Å². The number of halogens is 1. The van der Waals surface area contributed by atoms with Crippen LogP contribution in [0.15, 0.2) is 30.0 Å². The second kappa shape index (κ2) is 6.21. The van der Waals surface area contributed by atoms with E-state index in [2.05, 4.69) is 5.32 Å². The molecule has 4 N–H and O–H groups in total. The van der Waals surface area contributed by atoms with Crippen molar-refractivity contribution in [1.29, 1.82) is 0 Å². The lowest BCUT2D eigenvalue weighted by Crippen LogP contribution is -2.34. The molecule has 1 aliphatic heterocycles. The number of aliphatic hydroxyl groups is 1. The number of carbonyl (C=O) groups excluding carboxylic acids is 2. The van der Waals surface area contributed by atoms with Crippen LogP contribution in [0, 0.1) is 0 Å². The Balaban J connectivity index is 2.29. The first-order chi connectivity index (χ1) is 9.93. The van der Waals surface area contributed by atoms with E-state index < -0.39 is 11.8 Å². The Morgan fingerprint density at radius 2 is 2.14 bits per heavy atom. The predicted octanol–water partition coefficient (Wildman–Crippen LogP) is 0.631. The van der Waals surface area contributed by atoms with Gasteiger partial charge >= 0.3 is 0 Å². The van der Waals surface area contributed by atoms with Crippen molar-refractivity contribution in [1.82, 2.24) is 4.90 Å². The van der Waals surface area contributed by atoms with Crippen LogP contribution in [0.2, 0.25) is 5.02 Å². The number of anilines is 1. The second-order valence-electron chi connectivity index (χ2n) is 4.26. The first kappa shape index (κ1) is 15.4. The number of imide groups is 1. The first-order valence-electron chi connectivity index (χ1n) is 5.99. The molecule has 2 rings (SSSR count). The molecule has 0 bridgehead atoms. The van der Waals surface area contributed by atoms with Crippen molar-refractivity contribution in [2.24, 2.45) is 5.73 Å². The van der Waals surface area contributed by atoms with Crippen molar-refractivity contribution in [3.63, 3.8) is 0 Å². The number of thiocarbonyl (C=S) groups is 1. The van der Waals surface area contributed by atoms with Crippen molar-refractivity contribution in [2.75, 3.05) is 18.5 Å². The summed E-state index contributed by atoms with van der Waals surface area (Å²) in [7, 11) is 0. The molecule has 1 heterocycles. The Hall–Kier alpha value is -1.96. The average molecular weight is 326 g/mol. The number of β-amino-alcohol motifs (C(OH)–C–C–N with tert-alkyl or cyclic N) is 1. The van der Waals surface area contributed by atoms with Crippen molar-refractivity contribution < 1.29 is 14.7 Å². The lowest BCUT2D eigenvalue weighted by atomic mass is 10.1. The molecule has 0 radical (unpaired) electrons. The number of hydrogen-bond acceptors (Lipinski definition) is 5. The van der Waals surface area contributed by atoms with Gasteiger partial charge in [0.15, 0.2) is 0 Å². The number of nitrogens with zero attached hydrogens (tertiary/aromatic N) is 1. The van der Waals surface area contributed by atoms with Gasteiger partial charge in [-0.25, -0.2) is 0 Å². The van der Waals surface area contributed by atoms with E-state index in [4.69, 9.17) is 34.7 Å². The van der Waals surface area contributed by atoms with Gasteiger partial charge in [0.25, 0.3) is 11.8 Å². The van der Waals surface area contributed by atoms with E-state index in [0.717, 1.165) is 11.0 Å². The van der Waals surface area contributed by atoms with Crippen LogP contribution in [0.1, 0.15) is 5.56 Å². The molecule has 0 atom stereocenters. The Kier molecular flexibility index (Phi) is 4.56. The van der Waals surface area contributed by atoms with E-state index in [1.807, 2.05) is 0 Å². The topological polar surface area (TPSA) is 95.7 Å². The van der Waals surface area contributed by atoms with E-state index in [-0.39, 0.29) is 23.8 Å². The van der Waals surface area contributed by atoms with Gasteiger partial charge < -0.3 is 16.2 Å². The van der Waals surface area contributed by atoms with Crippen LogP contribution in [-0.2, 0) is 9.59 Å². The highest BCUT2D eigenvalue weighted by Crippen LogP contribution is 2.24. The SMILES string of the molecule is NC(=S)c1ccc(Cl)cc1NC1=CC(=O)N(CCO)C1=O. The van der Waals surface area contributed by atoms with E-state index >= 15 is 0 Å². The lowest BCUT2D eigenvalue weighted by Gasteiger charge is -2.15. The van der Waals surface area contributed by atoms with Crippen LogP contribution < -0.4 is 11.1 Å². The number of hydrogen-bond donors (Lipinski definition) is 3. The molecular formula is C13H12ClN3O3S. The quantitative estimate of drug-likeness (QED) is 0.543.